The number of aromatic nitrogens is 2. The average molecular weight is 285 g/mol. The van der Waals surface area contributed by atoms with Gasteiger partial charge in [-0.2, -0.15) is 5.10 Å². The van der Waals surface area contributed by atoms with E-state index < -0.39 is 6.10 Å². The highest BCUT2D eigenvalue weighted by atomic mass is 35.5. The van der Waals surface area contributed by atoms with Crippen molar-refractivity contribution in [2.45, 2.75) is 18.9 Å². The molecule has 1 aromatic heterocycles. The van der Waals surface area contributed by atoms with Gasteiger partial charge in [0.2, 0.25) is 0 Å². The lowest BCUT2D eigenvalue weighted by Crippen LogP contribution is -1.99. The van der Waals surface area contributed by atoms with Crippen LogP contribution < -0.4 is 0 Å². The number of halogens is 2. The van der Waals surface area contributed by atoms with E-state index in [9.17, 15) is 5.11 Å². The standard InChI is InChI=1S/C13H14Cl2N2O/c1-17-8-9(7-16-17)2-5-13(18)10-3-4-11(14)12(15)6-10/h3-4,6-8,13,18H,2,5H2,1H3. The maximum absolute atomic E-state index is 10.1. The van der Waals surface area contributed by atoms with Crippen LogP contribution in [0, 0.1) is 0 Å². The normalized spacial score (nSPS) is 12.7. The van der Waals surface area contributed by atoms with E-state index in [1.54, 1.807) is 22.9 Å². The Bertz CT molecular complexity index is 540. The Hall–Kier alpha value is -1.03. The van der Waals surface area contributed by atoms with Gasteiger partial charge in [0.25, 0.3) is 0 Å². The van der Waals surface area contributed by atoms with Crippen LogP contribution in [0.25, 0.3) is 0 Å². The van der Waals surface area contributed by atoms with Crippen molar-refractivity contribution in [1.82, 2.24) is 9.78 Å². The monoisotopic (exact) mass is 284 g/mol. The van der Waals surface area contributed by atoms with Crippen LogP contribution in [0.3, 0.4) is 0 Å². The third kappa shape index (κ3) is 3.25. The first-order valence-corrected chi connectivity index (χ1v) is 6.42. The summed E-state index contributed by atoms with van der Waals surface area (Å²) in [6, 6.07) is 5.20. The zero-order valence-corrected chi connectivity index (χ0v) is 11.5. The van der Waals surface area contributed by atoms with Gasteiger partial charge in [0, 0.05) is 13.2 Å². The molecule has 18 heavy (non-hydrogen) atoms. The number of benzene rings is 1. The minimum Gasteiger partial charge on any atom is -0.388 e. The predicted molar refractivity (Wildman–Crippen MR) is 73.0 cm³/mol. The van der Waals surface area contributed by atoms with E-state index in [2.05, 4.69) is 5.10 Å². The van der Waals surface area contributed by atoms with Crippen molar-refractivity contribution >= 4 is 23.2 Å². The topological polar surface area (TPSA) is 38.0 Å². The molecule has 5 heteroatoms. The molecule has 0 saturated heterocycles. The Morgan fingerprint density at radius 2 is 2.11 bits per heavy atom. The van der Waals surface area contributed by atoms with Crippen LogP contribution in [-0.4, -0.2) is 14.9 Å². The predicted octanol–water partition coefficient (Wildman–Crippen LogP) is 3.39. The Kier molecular flexibility index (Phi) is 4.27. The van der Waals surface area contributed by atoms with Crippen LogP contribution in [0.2, 0.25) is 10.0 Å². The van der Waals surface area contributed by atoms with E-state index in [4.69, 9.17) is 23.2 Å². The first-order valence-electron chi connectivity index (χ1n) is 5.67. The van der Waals surface area contributed by atoms with Gasteiger partial charge in [-0.05, 0) is 36.1 Å². The summed E-state index contributed by atoms with van der Waals surface area (Å²) >= 11 is 11.8. The van der Waals surface area contributed by atoms with E-state index in [1.807, 2.05) is 19.4 Å². The van der Waals surface area contributed by atoms with Crippen molar-refractivity contribution in [3.63, 3.8) is 0 Å². The second kappa shape index (κ2) is 5.74. The molecule has 0 aliphatic rings. The number of aliphatic hydroxyl groups excluding tert-OH is 1. The SMILES string of the molecule is Cn1cc(CCC(O)c2ccc(Cl)c(Cl)c2)cn1. The summed E-state index contributed by atoms with van der Waals surface area (Å²) < 4.78 is 1.75. The van der Waals surface area contributed by atoms with Gasteiger partial charge in [0.1, 0.15) is 0 Å². The lowest BCUT2D eigenvalue weighted by atomic mass is 10.0. The summed E-state index contributed by atoms with van der Waals surface area (Å²) in [5.41, 5.74) is 1.89. The molecule has 1 unspecified atom stereocenters. The maximum Gasteiger partial charge on any atom is 0.0793 e. The molecular weight excluding hydrogens is 271 g/mol. The highest BCUT2D eigenvalue weighted by Crippen LogP contribution is 2.27. The highest BCUT2D eigenvalue weighted by Gasteiger charge is 2.10. The number of hydrogen-bond acceptors (Lipinski definition) is 2. The third-order valence-corrected chi connectivity index (χ3v) is 3.53. The molecule has 0 amide bonds. The molecular formula is C13H14Cl2N2O. The van der Waals surface area contributed by atoms with Crippen LogP contribution in [0.1, 0.15) is 23.7 Å². The van der Waals surface area contributed by atoms with Crippen molar-refractivity contribution in [2.24, 2.45) is 7.05 Å². The largest absolute Gasteiger partial charge is 0.388 e. The van der Waals surface area contributed by atoms with E-state index in [1.165, 1.54) is 0 Å². The molecule has 0 radical (unpaired) electrons. The molecule has 1 N–H and O–H groups in total. The van der Waals surface area contributed by atoms with Gasteiger partial charge in [0.05, 0.1) is 22.3 Å². The van der Waals surface area contributed by atoms with Gasteiger partial charge in [-0.15, -0.1) is 0 Å². The quantitative estimate of drug-likeness (QED) is 0.935. The average Bonchev–Trinajstić information content (AvgIpc) is 2.75. The fourth-order valence-corrected chi connectivity index (χ4v) is 2.10. The Balaban J connectivity index is 1.99. The Morgan fingerprint density at radius 3 is 2.72 bits per heavy atom. The number of rotatable bonds is 4. The van der Waals surface area contributed by atoms with Crippen LogP contribution in [0.5, 0.6) is 0 Å². The molecule has 1 aromatic carbocycles. The van der Waals surface area contributed by atoms with Crippen molar-refractivity contribution in [3.8, 4) is 0 Å². The summed E-state index contributed by atoms with van der Waals surface area (Å²) in [7, 11) is 1.87. The highest BCUT2D eigenvalue weighted by molar-refractivity contribution is 6.42. The van der Waals surface area contributed by atoms with E-state index in [0.29, 0.717) is 16.5 Å². The minimum absolute atomic E-state index is 0.467. The number of aliphatic hydroxyl groups is 1. The molecule has 0 aliphatic carbocycles. The zero-order chi connectivity index (χ0) is 13.1. The maximum atomic E-state index is 10.1. The lowest BCUT2D eigenvalue weighted by molar-refractivity contribution is 0.168. The lowest BCUT2D eigenvalue weighted by Gasteiger charge is -2.11. The van der Waals surface area contributed by atoms with E-state index >= 15 is 0 Å². The minimum atomic E-state index is -0.542. The van der Waals surface area contributed by atoms with Crippen LogP contribution in [0.4, 0.5) is 0 Å². The molecule has 2 aromatic rings. The van der Waals surface area contributed by atoms with E-state index in [0.717, 1.165) is 17.5 Å². The van der Waals surface area contributed by atoms with Gasteiger partial charge >= 0.3 is 0 Å². The van der Waals surface area contributed by atoms with Gasteiger partial charge in [-0.25, -0.2) is 0 Å². The fourth-order valence-electron chi connectivity index (χ4n) is 1.79. The molecule has 0 bridgehead atoms. The number of nitrogens with zero attached hydrogens (tertiary/aromatic N) is 2. The molecule has 96 valence electrons. The van der Waals surface area contributed by atoms with Crippen molar-refractivity contribution in [3.05, 3.63) is 51.8 Å². The molecule has 0 saturated carbocycles. The van der Waals surface area contributed by atoms with Crippen LogP contribution in [-0.2, 0) is 13.5 Å². The number of hydrogen-bond donors (Lipinski definition) is 1. The number of aryl methyl sites for hydroxylation is 2. The summed E-state index contributed by atoms with van der Waals surface area (Å²) in [6.07, 6.45) is 4.61. The molecule has 0 aliphatic heterocycles. The summed E-state index contributed by atoms with van der Waals surface area (Å²) in [4.78, 5) is 0. The second-order valence-electron chi connectivity index (χ2n) is 4.25. The zero-order valence-electron chi connectivity index (χ0n) is 9.98. The molecule has 2 rings (SSSR count). The Morgan fingerprint density at radius 1 is 1.33 bits per heavy atom. The molecule has 1 atom stereocenters. The van der Waals surface area contributed by atoms with Crippen molar-refractivity contribution < 1.29 is 5.11 Å². The van der Waals surface area contributed by atoms with Gasteiger partial charge in [-0.1, -0.05) is 29.3 Å². The van der Waals surface area contributed by atoms with Gasteiger partial charge in [-0.3, -0.25) is 4.68 Å². The molecule has 3 nitrogen and oxygen atoms in total. The van der Waals surface area contributed by atoms with Crippen LogP contribution in [0.15, 0.2) is 30.6 Å². The molecule has 1 heterocycles. The first-order chi connectivity index (χ1) is 8.56. The van der Waals surface area contributed by atoms with Crippen LogP contribution >= 0.6 is 23.2 Å². The third-order valence-electron chi connectivity index (χ3n) is 2.79. The molecule has 0 fully saturated rings. The fraction of sp³-hybridized carbons (Fsp3) is 0.308. The second-order valence-corrected chi connectivity index (χ2v) is 5.06. The smallest absolute Gasteiger partial charge is 0.0793 e. The van der Waals surface area contributed by atoms with Crippen molar-refractivity contribution in [1.29, 1.82) is 0 Å². The summed E-state index contributed by atoms with van der Waals surface area (Å²) in [5.74, 6) is 0. The Labute approximate surface area is 116 Å². The molecule has 0 spiro atoms. The van der Waals surface area contributed by atoms with Crippen molar-refractivity contribution in [2.75, 3.05) is 0 Å². The summed E-state index contributed by atoms with van der Waals surface area (Å²) in [5, 5.41) is 15.1. The van der Waals surface area contributed by atoms with E-state index in [-0.39, 0.29) is 0 Å². The summed E-state index contributed by atoms with van der Waals surface area (Å²) in [6.45, 7) is 0. The van der Waals surface area contributed by atoms with Gasteiger partial charge in [0.15, 0.2) is 0 Å². The first kappa shape index (κ1) is 13.4. The van der Waals surface area contributed by atoms with Gasteiger partial charge < -0.3 is 5.11 Å².